The number of nitrogens with two attached hydrogens (primary N) is 1. The zero-order valence-corrected chi connectivity index (χ0v) is 10.8. The maximum Gasteiger partial charge on any atom is 0.337 e. The molecule has 0 saturated carbocycles. The van der Waals surface area contributed by atoms with Gasteiger partial charge in [-0.1, -0.05) is 0 Å². The van der Waals surface area contributed by atoms with Crippen molar-refractivity contribution in [3.8, 4) is 11.4 Å². The summed E-state index contributed by atoms with van der Waals surface area (Å²) in [5.74, 6) is -0.679. The lowest BCUT2D eigenvalue weighted by atomic mass is 9.92. The Labute approximate surface area is 109 Å². The van der Waals surface area contributed by atoms with Crippen LogP contribution in [0.5, 0.6) is 0 Å². The molecule has 2 heterocycles. The third-order valence-corrected chi connectivity index (χ3v) is 3.75. The smallest absolute Gasteiger partial charge is 0.337 e. The Morgan fingerprint density at radius 2 is 2.21 bits per heavy atom. The van der Waals surface area contributed by atoms with Crippen LogP contribution in [0.15, 0.2) is 6.20 Å². The maximum absolute atomic E-state index is 11.4. The van der Waals surface area contributed by atoms with E-state index < -0.39 is 5.97 Å². The summed E-state index contributed by atoms with van der Waals surface area (Å²) in [5, 5.41) is 9.37. The van der Waals surface area contributed by atoms with E-state index in [0.717, 1.165) is 34.6 Å². The number of nitrogen functional groups attached to an aromatic ring is 1. The van der Waals surface area contributed by atoms with Gasteiger partial charge in [-0.2, -0.15) is 0 Å². The molecule has 0 aliphatic heterocycles. The first-order valence-corrected chi connectivity index (χ1v) is 6.04. The van der Waals surface area contributed by atoms with Gasteiger partial charge in [0.25, 0.3) is 0 Å². The molecule has 0 unspecified atom stereocenters. The van der Waals surface area contributed by atoms with E-state index in [9.17, 15) is 9.90 Å². The van der Waals surface area contributed by atoms with Crippen LogP contribution in [-0.2, 0) is 19.9 Å². The molecule has 1 aliphatic rings. The van der Waals surface area contributed by atoms with Gasteiger partial charge in [-0.05, 0) is 30.9 Å². The molecule has 0 amide bonds. The van der Waals surface area contributed by atoms with Crippen molar-refractivity contribution in [1.29, 1.82) is 0 Å². The van der Waals surface area contributed by atoms with Gasteiger partial charge in [0.15, 0.2) is 0 Å². The van der Waals surface area contributed by atoms with Gasteiger partial charge in [0.2, 0.25) is 5.95 Å². The van der Waals surface area contributed by atoms with Crippen molar-refractivity contribution in [3.63, 3.8) is 0 Å². The van der Waals surface area contributed by atoms with Gasteiger partial charge < -0.3 is 15.4 Å². The van der Waals surface area contributed by atoms with E-state index in [-0.39, 0.29) is 5.95 Å². The Kier molecular flexibility index (Phi) is 2.35. The first-order chi connectivity index (χ1) is 9.00. The van der Waals surface area contributed by atoms with Crippen LogP contribution in [0.4, 0.5) is 5.95 Å². The van der Waals surface area contributed by atoms with Gasteiger partial charge in [0.1, 0.15) is 0 Å². The maximum atomic E-state index is 11.4. The molecule has 0 aromatic carbocycles. The fraction of sp³-hybridized carbons (Fsp3) is 0.308. The SMILES string of the molecule is Cc1c(C(=O)O)c2c(n1C)-c1nc(N)ncc1CC2. The average Bonchev–Trinajstić information content (AvgIpc) is 2.62. The molecular formula is C13H14N4O2. The predicted molar refractivity (Wildman–Crippen MR) is 70.0 cm³/mol. The molecule has 19 heavy (non-hydrogen) atoms. The predicted octanol–water partition coefficient (Wildman–Crippen LogP) is 1.17. The molecule has 2 aromatic rings. The molecule has 0 atom stereocenters. The molecule has 2 aromatic heterocycles. The summed E-state index contributed by atoms with van der Waals surface area (Å²) in [5.41, 5.74) is 10.2. The number of carbonyl (C=O) groups is 1. The second-order valence-electron chi connectivity index (χ2n) is 4.75. The molecule has 0 radical (unpaired) electrons. The Hall–Kier alpha value is -2.37. The topological polar surface area (TPSA) is 94.0 Å². The number of nitrogens with zero attached hydrogens (tertiary/aromatic N) is 3. The summed E-state index contributed by atoms with van der Waals surface area (Å²) in [4.78, 5) is 19.7. The molecule has 98 valence electrons. The van der Waals surface area contributed by atoms with Crippen molar-refractivity contribution >= 4 is 11.9 Å². The summed E-state index contributed by atoms with van der Waals surface area (Å²) >= 11 is 0. The Balaban J connectivity index is 2.36. The number of aryl methyl sites for hydroxylation is 1. The van der Waals surface area contributed by atoms with Crippen LogP contribution in [0, 0.1) is 6.92 Å². The van der Waals surface area contributed by atoms with Crippen LogP contribution in [0.3, 0.4) is 0 Å². The van der Waals surface area contributed by atoms with Gasteiger partial charge in [-0.15, -0.1) is 0 Å². The third-order valence-electron chi connectivity index (χ3n) is 3.75. The second-order valence-corrected chi connectivity index (χ2v) is 4.75. The Morgan fingerprint density at radius 3 is 2.89 bits per heavy atom. The number of carboxylic acid groups (broad SMARTS) is 1. The number of hydrogen-bond acceptors (Lipinski definition) is 4. The number of fused-ring (bicyclic) bond motifs is 3. The summed E-state index contributed by atoms with van der Waals surface area (Å²) in [6.45, 7) is 1.81. The summed E-state index contributed by atoms with van der Waals surface area (Å²) in [6.07, 6.45) is 3.16. The monoisotopic (exact) mass is 258 g/mol. The average molecular weight is 258 g/mol. The normalized spacial score (nSPS) is 12.9. The highest BCUT2D eigenvalue weighted by molar-refractivity contribution is 5.94. The van der Waals surface area contributed by atoms with E-state index in [1.165, 1.54) is 0 Å². The molecule has 3 N–H and O–H groups in total. The van der Waals surface area contributed by atoms with Crippen molar-refractivity contribution < 1.29 is 9.90 Å². The van der Waals surface area contributed by atoms with Crippen LogP contribution in [0.2, 0.25) is 0 Å². The summed E-state index contributed by atoms with van der Waals surface area (Å²) < 4.78 is 1.88. The highest BCUT2D eigenvalue weighted by Crippen LogP contribution is 2.36. The van der Waals surface area contributed by atoms with E-state index in [4.69, 9.17) is 5.73 Å². The zero-order valence-electron chi connectivity index (χ0n) is 10.8. The largest absolute Gasteiger partial charge is 0.478 e. The molecule has 6 nitrogen and oxygen atoms in total. The van der Waals surface area contributed by atoms with Crippen molar-refractivity contribution in [2.75, 3.05) is 5.73 Å². The van der Waals surface area contributed by atoms with Gasteiger partial charge in [-0.25, -0.2) is 14.8 Å². The molecule has 6 heteroatoms. The lowest BCUT2D eigenvalue weighted by molar-refractivity contribution is 0.0695. The fourth-order valence-electron chi connectivity index (χ4n) is 2.77. The van der Waals surface area contributed by atoms with Gasteiger partial charge in [-0.3, -0.25) is 0 Å². The minimum absolute atomic E-state index is 0.210. The molecule has 0 saturated heterocycles. The first kappa shape index (κ1) is 11.7. The minimum atomic E-state index is -0.889. The standard InChI is InChI=1S/C13H14N4O2/c1-6-9(12(18)19)8-4-3-7-5-15-13(14)16-10(7)11(8)17(6)2/h5H,3-4H2,1-2H3,(H,18,19)(H2,14,15,16). The van der Waals surface area contributed by atoms with Crippen LogP contribution >= 0.6 is 0 Å². The summed E-state index contributed by atoms with van der Waals surface area (Å²) in [7, 11) is 1.86. The quantitative estimate of drug-likeness (QED) is 0.800. The van der Waals surface area contributed by atoms with E-state index in [0.29, 0.717) is 12.0 Å². The molecular weight excluding hydrogens is 244 g/mol. The van der Waals surface area contributed by atoms with Gasteiger partial charge in [0, 0.05) is 18.9 Å². The number of aromatic carboxylic acids is 1. The zero-order chi connectivity index (χ0) is 13.7. The van der Waals surface area contributed by atoms with E-state index >= 15 is 0 Å². The number of rotatable bonds is 1. The minimum Gasteiger partial charge on any atom is -0.478 e. The first-order valence-electron chi connectivity index (χ1n) is 6.04. The van der Waals surface area contributed by atoms with Crippen LogP contribution in [-0.4, -0.2) is 25.6 Å². The number of carboxylic acids is 1. The highest BCUT2D eigenvalue weighted by atomic mass is 16.4. The van der Waals surface area contributed by atoms with Crippen LogP contribution in [0.1, 0.15) is 27.2 Å². The van der Waals surface area contributed by atoms with Crippen LogP contribution < -0.4 is 5.73 Å². The van der Waals surface area contributed by atoms with Gasteiger partial charge in [0.05, 0.1) is 17.0 Å². The number of hydrogen-bond donors (Lipinski definition) is 2. The van der Waals surface area contributed by atoms with Crippen molar-refractivity contribution in [2.24, 2.45) is 7.05 Å². The molecule has 1 aliphatic carbocycles. The molecule has 3 rings (SSSR count). The van der Waals surface area contributed by atoms with Crippen molar-refractivity contribution in [3.05, 3.63) is 28.6 Å². The lowest BCUT2D eigenvalue weighted by Crippen LogP contribution is -2.11. The fourth-order valence-corrected chi connectivity index (χ4v) is 2.77. The lowest BCUT2D eigenvalue weighted by Gasteiger charge is -2.17. The summed E-state index contributed by atoms with van der Waals surface area (Å²) in [6, 6.07) is 0. The Bertz CT molecular complexity index is 703. The van der Waals surface area contributed by atoms with Crippen molar-refractivity contribution in [1.82, 2.24) is 14.5 Å². The Morgan fingerprint density at radius 1 is 1.47 bits per heavy atom. The van der Waals surface area contributed by atoms with Gasteiger partial charge >= 0.3 is 5.97 Å². The van der Waals surface area contributed by atoms with E-state index in [1.807, 2.05) is 18.5 Å². The van der Waals surface area contributed by atoms with Crippen LogP contribution in [0.25, 0.3) is 11.4 Å². The molecule has 0 fully saturated rings. The molecule has 0 bridgehead atoms. The van der Waals surface area contributed by atoms with E-state index in [2.05, 4.69) is 9.97 Å². The number of anilines is 1. The number of aromatic nitrogens is 3. The highest BCUT2D eigenvalue weighted by Gasteiger charge is 2.29. The molecule has 0 spiro atoms. The van der Waals surface area contributed by atoms with E-state index in [1.54, 1.807) is 6.20 Å². The third kappa shape index (κ3) is 1.53. The second kappa shape index (κ2) is 3.81. The van der Waals surface area contributed by atoms with Crippen molar-refractivity contribution in [2.45, 2.75) is 19.8 Å².